The first-order valence-electron chi connectivity index (χ1n) is 7.98. The van der Waals surface area contributed by atoms with Crippen LogP contribution in [0.25, 0.3) is 0 Å². The molecule has 1 saturated carbocycles. The second-order valence-corrected chi connectivity index (χ2v) is 6.39. The number of hydrogen-bond acceptors (Lipinski definition) is 2. The smallest absolute Gasteiger partial charge is 0.238 e. The molecule has 1 aliphatic carbocycles. The van der Waals surface area contributed by atoms with Gasteiger partial charge in [-0.05, 0) is 49.4 Å². The lowest BCUT2D eigenvalue weighted by molar-refractivity contribution is -0.118. The van der Waals surface area contributed by atoms with Crippen molar-refractivity contribution in [2.24, 2.45) is 11.8 Å². The van der Waals surface area contributed by atoms with Crippen LogP contribution in [0.4, 0.5) is 10.1 Å². The van der Waals surface area contributed by atoms with Crippen LogP contribution >= 0.6 is 0 Å². The highest BCUT2D eigenvalue weighted by Crippen LogP contribution is 2.35. The van der Waals surface area contributed by atoms with Gasteiger partial charge in [-0.1, -0.05) is 25.3 Å². The van der Waals surface area contributed by atoms with Gasteiger partial charge in [-0.3, -0.25) is 9.69 Å². The zero-order chi connectivity index (χ0) is 14.7. The number of benzene rings is 1. The number of hydrogen-bond donors (Lipinski definition) is 1. The molecular weight excluding hydrogens is 267 g/mol. The lowest BCUT2D eigenvalue weighted by Gasteiger charge is -2.41. The minimum absolute atomic E-state index is 0.0464. The van der Waals surface area contributed by atoms with E-state index in [-0.39, 0.29) is 11.7 Å². The molecule has 2 atom stereocenters. The first kappa shape index (κ1) is 14.5. The molecule has 2 fully saturated rings. The van der Waals surface area contributed by atoms with E-state index in [0.29, 0.717) is 12.2 Å². The Bertz CT molecular complexity index is 505. The average molecular weight is 290 g/mol. The van der Waals surface area contributed by atoms with Gasteiger partial charge in [0.25, 0.3) is 0 Å². The third-order valence-electron chi connectivity index (χ3n) is 4.85. The molecule has 1 aromatic rings. The third kappa shape index (κ3) is 3.82. The monoisotopic (exact) mass is 290 g/mol. The van der Waals surface area contributed by atoms with Crippen LogP contribution in [-0.2, 0) is 4.79 Å². The number of likely N-dealkylation sites (tertiary alicyclic amines) is 1. The number of amides is 1. The van der Waals surface area contributed by atoms with Crippen LogP contribution in [0.3, 0.4) is 0 Å². The quantitative estimate of drug-likeness (QED) is 0.926. The van der Waals surface area contributed by atoms with E-state index in [9.17, 15) is 9.18 Å². The fraction of sp³-hybridized carbons (Fsp3) is 0.588. The van der Waals surface area contributed by atoms with Gasteiger partial charge in [0.2, 0.25) is 5.91 Å². The fourth-order valence-corrected chi connectivity index (χ4v) is 3.79. The second kappa shape index (κ2) is 6.56. The number of rotatable bonds is 3. The van der Waals surface area contributed by atoms with E-state index >= 15 is 0 Å². The molecule has 4 heteroatoms. The Hall–Kier alpha value is -1.42. The SMILES string of the molecule is O=C(CN1CC[C@H]2CCCC[C@@H]2C1)Nc1cccc(F)c1. The largest absolute Gasteiger partial charge is 0.325 e. The highest BCUT2D eigenvalue weighted by atomic mass is 19.1. The van der Waals surface area contributed by atoms with Crippen molar-refractivity contribution in [1.82, 2.24) is 4.90 Å². The maximum Gasteiger partial charge on any atom is 0.238 e. The molecule has 1 aliphatic heterocycles. The normalized spacial score (nSPS) is 26.1. The number of nitrogens with one attached hydrogen (secondary N) is 1. The third-order valence-corrected chi connectivity index (χ3v) is 4.85. The second-order valence-electron chi connectivity index (χ2n) is 6.39. The number of anilines is 1. The van der Waals surface area contributed by atoms with Crippen molar-refractivity contribution in [3.63, 3.8) is 0 Å². The predicted octanol–water partition coefficient (Wildman–Crippen LogP) is 3.28. The standard InChI is InChI=1S/C17H23FN2O/c18-15-6-3-7-16(10-15)19-17(21)12-20-9-8-13-4-1-2-5-14(13)11-20/h3,6-7,10,13-14H,1-2,4-5,8-9,11-12H2,(H,19,21)/t13-,14-/m1/s1. The highest BCUT2D eigenvalue weighted by molar-refractivity contribution is 5.92. The summed E-state index contributed by atoms with van der Waals surface area (Å²) in [5, 5.41) is 2.78. The molecule has 1 N–H and O–H groups in total. The van der Waals surface area contributed by atoms with Crippen LogP contribution in [0, 0.1) is 17.7 Å². The Labute approximate surface area is 125 Å². The van der Waals surface area contributed by atoms with Gasteiger partial charge in [0.15, 0.2) is 0 Å². The van der Waals surface area contributed by atoms with Crippen molar-refractivity contribution in [1.29, 1.82) is 0 Å². The summed E-state index contributed by atoms with van der Waals surface area (Å²) in [4.78, 5) is 14.3. The van der Waals surface area contributed by atoms with Gasteiger partial charge < -0.3 is 5.32 Å². The first-order chi connectivity index (χ1) is 10.2. The molecule has 1 aromatic carbocycles. The average Bonchev–Trinajstić information content (AvgIpc) is 2.47. The Balaban J connectivity index is 1.51. The lowest BCUT2D eigenvalue weighted by atomic mass is 9.75. The number of carbonyl (C=O) groups excluding carboxylic acids is 1. The summed E-state index contributed by atoms with van der Waals surface area (Å²) in [5.41, 5.74) is 0.535. The molecule has 0 unspecified atom stereocenters. The number of fused-ring (bicyclic) bond motifs is 1. The summed E-state index contributed by atoms with van der Waals surface area (Å²) in [6.45, 7) is 2.47. The molecule has 1 amide bonds. The van der Waals surface area contributed by atoms with E-state index in [1.807, 2.05) is 0 Å². The van der Waals surface area contributed by atoms with Gasteiger partial charge in [-0.2, -0.15) is 0 Å². The number of halogens is 1. The van der Waals surface area contributed by atoms with Crippen LogP contribution in [0.5, 0.6) is 0 Å². The molecule has 3 nitrogen and oxygen atoms in total. The summed E-state index contributed by atoms with van der Waals surface area (Å²) in [5.74, 6) is 1.28. The molecule has 1 saturated heterocycles. The summed E-state index contributed by atoms with van der Waals surface area (Å²) >= 11 is 0. The van der Waals surface area contributed by atoms with Gasteiger partial charge in [0, 0.05) is 12.2 Å². The molecule has 3 rings (SSSR count). The predicted molar refractivity (Wildman–Crippen MR) is 81.5 cm³/mol. The van der Waals surface area contributed by atoms with Crippen LogP contribution in [0.2, 0.25) is 0 Å². The maximum absolute atomic E-state index is 13.1. The topological polar surface area (TPSA) is 32.3 Å². The van der Waals surface area contributed by atoms with Crippen LogP contribution < -0.4 is 5.32 Å². The van der Waals surface area contributed by atoms with Crippen molar-refractivity contribution in [2.45, 2.75) is 32.1 Å². The summed E-state index contributed by atoms with van der Waals surface area (Å²) in [6.07, 6.45) is 6.62. The first-order valence-corrected chi connectivity index (χ1v) is 7.98. The molecular formula is C17H23FN2O. The van der Waals surface area contributed by atoms with Crippen molar-refractivity contribution in [3.8, 4) is 0 Å². The van der Waals surface area contributed by atoms with E-state index < -0.39 is 0 Å². The van der Waals surface area contributed by atoms with Crippen molar-refractivity contribution < 1.29 is 9.18 Å². The Morgan fingerprint density at radius 1 is 1.24 bits per heavy atom. The summed E-state index contributed by atoms with van der Waals surface area (Å²) in [7, 11) is 0. The number of nitrogens with zero attached hydrogens (tertiary/aromatic N) is 1. The van der Waals surface area contributed by atoms with Gasteiger partial charge in [-0.15, -0.1) is 0 Å². The number of carbonyl (C=O) groups is 1. The number of piperidine rings is 1. The van der Waals surface area contributed by atoms with Gasteiger partial charge in [0.1, 0.15) is 5.82 Å². The molecule has 0 aromatic heterocycles. The van der Waals surface area contributed by atoms with Crippen LogP contribution in [0.1, 0.15) is 32.1 Å². The van der Waals surface area contributed by atoms with E-state index in [4.69, 9.17) is 0 Å². The summed E-state index contributed by atoms with van der Waals surface area (Å²) in [6, 6.07) is 6.06. The van der Waals surface area contributed by atoms with Gasteiger partial charge in [-0.25, -0.2) is 4.39 Å². The van der Waals surface area contributed by atoms with E-state index in [1.165, 1.54) is 44.2 Å². The Morgan fingerprint density at radius 2 is 2.05 bits per heavy atom. The van der Waals surface area contributed by atoms with E-state index in [1.54, 1.807) is 12.1 Å². The zero-order valence-corrected chi connectivity index (χ0v) is 12.4. The highest BCUT2D eigenvalue weighted by Gasteiger charge is 2.31. The molecule has 0 bridgehead atoms. The summed E-state index contributed by atoms with van der Waals surface area (Å²) < 4.78 is 13.1. The molecule has 21 heavy (non-hydrogen) atoms. The van der Waals surface area contributed by atoms with Crippen molar-refractivity contribution in [3.05, 3.63) is 30.1 Å². The molecule has 1 heterocycles. The minimum Gasteiger partial charge on any atom is -0.325 e. The molecule has 2 aliphatic rings. The van der Waals surface area contributed by atoms with Crippen LogP contribution in [0.15, 0.2) is 24.3 Å². The fourth-order valence-electron chi connectivity index (χ4n) is 3.79. The van der Waals surface area contributed by atoms with Gasteiger partial charge in [0.05, 0.1) is 6.54 Å². The maximum atomic E-state index is 13.1. The van der Waals surface area contributed by atoms with E-state index in [2.05, 4.69) is 10.2 Å². The van der Waals surface area contributed by atoms with Crippen molar-refractivity contribution >= 4 is 11.6 Å². The molecule has 114 valence electrons. The zero-order valence-electron chi connectivity index (χ0n) is 12.4. The lowest BCUT2D eigenvalue weighted by Crippen LogP contribution is -2.44. The Morgan fingerprint density at radius 3 is 2.86 bits per heavy atom. The molecule has 0 spiro atoms. The minimum atomic E-state index is -0.323. The Kier molecular flexibility index (Phi) is 4.54. The van der Waals surface area contributed by atoms with Crippen LogP contribution in [-0.4, -0.2) is 30.4 Å². The van der Waals surface area contributed by atoms with E-state index in [0.717, 1.165) is 24.9 Å². The van der Waals surface area contributed by atoms with Gasteiger partial charge >= 0.3 is 0 Å². The molecule has 0 radical (unpaired) electrons. The van der Waals surface area contributed by atoms with Crippen molar-refractivity contribution in [2.75, 3.05) is 25.0 Å².